The minimum Gasteiger partial charge on any atom is -0.496 e. The Morgan fingerprint density at radius 3 is 2.87 bits per heavy atom. The summed E-state index contributed by atoms with van der Waals surface area (Å²) in [5.41, 5.74) is 1.11. The molecule has 3 heteroatoms. The highest BCUT2D eigenvalue weighted by molar-refractivity contribution is 5.39. The van der Waals surface area contributed by atoms with Crippen molar-refractivity contribution in [1.82, 2.24) is 5.32 Å². The van der Waals surface area contributed by atoms with Gasteiger partial charge >= 0.3 is 0 Å². The monoisotopic (exact) mass is 207 g/mol. The number of nitrogens with one attached hydrogen (secondary N) is 1. The summed E-state index contributed by atoms with van der Waals surface area (Å²) in [6.07, 6.45) is 1.41. The van der Waals surface area contributed by atoms with Crippen LogP contribution in [0.25, 0.3) is 0 Å². The molecule has 1 saturated heterocycles. The standard InChI is InChI=1S/C12H17NO2/c1-9-7-10(3-4-12(9)14-2)15-11-5-6-13-8-11/h3-4,7,11,13H,5-6,8H2,1-2H3. The third-order valence-corrected chi connectivity index (χ3v) is 2.68. The van der Waals surface area contributed by atoms with Crippen LogP contribution in [0.4, 0.5) is 0 Å². The zero-order valence-corrected chi connectivity index (χ0v) is 9.25. The second kappa shape index (κ2) is 4.53. The zero-order valence-electron chi connectivity index (χ0n) is 9.25. The van der Waals surface area contributed by atoms with Crippen molar-refractivity contribution in [2.45, 2.75) is 19.4 Å². The Labute approximate surface area is 90.4 Å². The molecule has 15 heavy (non-hydrogen) atoms. The molecule has 0 radical (unpaired) electrons. The molecular formula is C12H17NO2. The summed E-state index contributed by atoms with van der Waals surface area (Å²) in [6, 6.07) is 5.94. The van der Waals surface area contributed by atoms with E-state index in [9.17, 15) is 0 Å². The number of aryl methyl sites for hydroxylation is 1. The van der Waals surface area contributed by atoms with E-state index >= 15 is 0 Å². The van der Waals surface area contributed by atoms with Gasteiger partial charge in [-0.25, -0.2) is 0 Å². The third kappa shape index (κ3) is 2.42. The number of benzene rings is 1. The van der Waals surface area contributed by atoms with Gasteiger partial charge in [0, 0.05) is 6.54 Å². The molecule has 82 valence electrons. The van der Waals surface area contributed by atoms with Gasteiger partial charge in [0.05, 0.1) is 7.11 Å². The smallest absolute Gasteiger partial charge is 0.122 e. The van der Waals surface area contributed by atoms with Gasteiger partial charge in [-0.15, -0.1) is 0 Å². The van der Waals surface area contributed by atoms with Crippen LogP contribution in [0.1, 0.15) is 12.0 Å². The van der Waals surface area contributed by atoms with Gasteiger partial charge in [0.2, 0.25) is 0 Å². The first-order chi connectivity index (χ1) is 7.29. The van der Waals surface area contributed by atoms with Crippen LogP contribution < -0.4 is 14.8 Å². The predicted molar refractivity (Wildman–Crippen MR) is 59.6 cm³/mol. The van der Waals surface area contributed by atoms with Crippen LogP contribution in [-0.4, -0.2) is 26.3 Å². The highest BCUT2D eigenvalue weighted by atomic mass is 16.5. The summed E-state index contributed by atoms with van der Waals surface area (Å²) in [6.45, 7) is 4.03. The summed E-state index contributed by atoms with van der Waals surface area (Å²) in [5, 5.41) is 3.28. The molecule has 1 aromatic rings. The van der Waals surface area contributed by atoms with Crippen LogP contribution in [0.2, 0.25) is 0 Å². The first-order valence-corrected chi connectivity index (χ1v) is 5.31. The van der Waals surface area contributed by atoms with E-state index in [1.165, 1.54) is 0 Å². The summed E-state index contributed by atoms with van der Waals surface area (Å²) in [4.78, 5) is 0. The van der Waals surface area contributed by atoms with Crippen molar-refractivity contribution in [3.8, 4) is 11.5 Å². The van der Waals surface area contributed by atoms with Crippen molar-refractivity contribution < 1.29 is 9.47 Å². The van der Waals surface area contributed by atoms with Crippen molar-refractivity contribution in [3.05, 3.63) is 23.8 Å². The third-order valence-electron chi connectivity index (χ3n) is 2.68. The fourth-order valence-corrected chi connectivity index (χ4v) is 1.85. The maximum absolute atomic E-state index is 5.84. The summed E-state index contributed by atoms with van der Waals surface area (Å²) < 4.78 is 11.0. The lowest BCUT2D eigenvalue weighted by atomic mass is 10.2. The molecule has 0 aliphatic carbocycles. The van der Waals surface area contributed by atoms with Crippen molar-refractivity contribution in [2.24, 2.45) is 0 Å². The molecule has 0 amide bonds. The first kappa shape index (κ1) is 10.3. The molecule has 1 aliphatic rings. The Kier molecular flexibility index (Phi) is 3.11. The highest BCUT2D eigenvalue weighted by Crippen LogP contribution is 2.24. The van der Waals surface area contributed by atoms with Gasteiger partial charge in [0.15, 0.2) is 0 Å². The predicted octanol–water partition coefficient (Wildman–Crippen LogP) is 1.74. The quantitative estimate of drug-likeness (QED) is 0.819. The molecule has 2 rings (SSSR count). The molecule has 0 spiro atoms. The van der Waals surface area contributed by atoms with Gasteiger partial charge in [-0.05, 0) is 43.7 Å². The van der Waals surface area contributed by atoms with Gasteiger partial charge in [-0.3, -0.25) is 0 Å². The van der Waals surface area contributed by atoms with E-state index in [2.05, 4.69) is 5.32 Å². The van der Waals surface area contributed by atoms with E-state index in [1.54, 1.807) is 7.11 Å². The van der Waals surface area contributed by atoms with E-state index in [0.717, 1.165) is 36.6 Å². The minimum atomic E-state index is 0.317. The number of rotatable bonds is 3. The van der Waals surface area contributed by atoms with Crippen LogP contribution in [0, 0.1) is 6.92 Å². The van der Waals surface area contributed by atoms with Crippen LogP contribution in [-0.2, 0) is 0 Å². The van der Waals surface area contributed by atoms with Gasteiger partial charge < -0.3 is 14.8 Å². The molecule has 1 atom stereocenters. The Morgan fingerprint density at radius 1 is 1.40 bits per heavy atom. The fraction of sp³-hybridized carbons (Fsp3) is 0.500. The molecule has 1 heterocycles. The van der Waals surface area contributed by atoms with Gasteiger partial charge in [-0.2, -0.15) is 0 Å². The Hall–Kier alpha value is -1.22. The van der Waals surface area contributed by atoms with E-state index < -0.39 is 0 Å². The second-order valence-electron chi connectivity index (χ2n) is 3.86. The number of hydrogen-bond acceptors (Lipinski definition) is 3. The maximum Gasteiger partial charge on any atom is 0.122 e. The van der Waals surface area contributed by atoms with Gasteiger partial charge in [0.25, 0.3) is 0 Å². The molecule has 1 N–H and O–H groups in total. The lowest BCUT2D eigenvalue weighted by molar-refractivity contribution is 0.222. The molecule has 0 aromatic heterocycles. The fourth-order valence-electron chi connectivity index (χ4n) is 1.85. The number of methoxy groups -OCH3 is 1. The first-order valence-electron chi connectivity index (χ1n) is 5.31. The average molecular weight is 207 g/mol. The Morgan fingerprint density at radius 2 is 2.27 bits per heavy atom. The lowest BCUT2D eigenvalue weighted by Crippen LogP contribution is -2.19. The molecule has 0 bridgehead atoms. The van der Waals surface area contributed by atoms with Crippen LogP contribution in [0.5, 0.6) is 11.5 Å². The van der Waals surface area contributed by atoms with Gasteiger partial charge in [-0.1, -0.05) is 0 Å². The van der Waals surface area contributed by atoms with Crippen LogP contribution in [0.3, 0.4) is 0 Å². The molecule has 3 nitrogen and oxygen atoms in total. The molecule has 1 unspecified atom stereocenters. The normalized spacial score (nSPS) is 20.3. The summed E-state index contributed by atoms with van der Waals surface area (Å²) >= 11 is 0. The van der Waals surface area contributed by atoms with E-state index in [0.29, 0.717) is 6.10 Å². The van der Waals surface area contributed by atoms with Crippen LogP contribution in [0.15, 0.2) is 18.2 Å². The van der Waals surface area contributed by atoms with Crippen molar-refractivity contribution in [3.63, 3.8) is 0 Å². The largest absolute Gasteiger partial charge is 0.496 e. The molecule has 0 saturated carbocycles. The van der Waals surface area contributed by atoms with Crippen molar-refractivity contribution in [2.75, 3.05) is 20.2 Å². The molecular weight excluding hydrogens is 190 g/mol. The Balaban J connectivity index is 2.05. The van der Waals surface area contributed by atoms with Crippen LogP contribution >= 0.6 is 0 Å². The Bertz CT molecular complexity index is 332. The second-order valence-corrected chi connectivity index (χ2v) is 3.86. The van der Waals surface area contributed by atoms with Crippen molar-refractivity contribution in [1.29, 1.82) is 0 Å². The number of hydrogen-bond donors (Lipinski definition) is 1. The summed E-state index contributed by atoms with van der Waals surface area (Å²) in [7, 11) is 1.68. The number of ether oxygens (including phenoxy) is 2. The average Bonchev–Trinajstić information content (AvgIpc) is 2.71. The van der Waals surface area contributed by atoms with E-state index in [-0.39, 0.29) is 0 Å². The molecule has 1 fully saturated rings. The van der Waals surface area contributed by atoms with E-state index in [4.69, 9.17) is 9.47 Å². The minimum absolute atomic E-state index is 0.317. The van der Waals surface area contributed by atoms with E-state index in [1.807, 2.05) is 25.1 Å². The maximum atomic E-state index is 5.84. The summed E-state index contributed by atoms with van der Waals surface area (Å²) in [5.74, 6) is 1.84. The SMILES string of the molecule is COc1ccc(OC2CCNC2)cc1C. The highest BCUT2D eigenvalue weighted by Gasteiger charge is 2.15. The lowest BCUT2D eigenvalue weighted by Gasteiger charge is -2.13. The van der Waals surface area contributed by atoms with Crippen molar-refractivity contribution >= 4 is 0 Å². The molecule has 1 aromatic carbocycles. The topological polar surface area (TPSA) is 30.5 Å². The zero-order chi connectivity index (χ0) is 10.7. The molecule has 1 aliphatic heterocycles. The van der Waals surface area contributed by atoms with Gasteiger partial charge in [0.1, 0.15) is 17.6 Å².